The van der Waals surface area contributed by atoms with Crippen LogP contribution in [0.1, 0.15) is 37.2 Å². The molecule has 2 heterocycles. The molecule has 0 aliphatic heterocycles. The SMILES string of the molecule is CC(C)(C)c1nc(C(=O)Nc2nc3ccccc3s2)n[nH]1. The van der Waals surface area contributed by atoms with E-state index in [0.717, 1.165) is 10.2 Å². The van der Waals surface area contributed by atoms with E-state index in [1.807, 2.05) is 45.0 Å². The number of hydrogen-bond donors (Lipinski definition) is 2. The molecule has 1 aromatic carbocycles. The molecule has 2 N–H and O–H groups in total. The summed E-state index contributed by atoms with van der Waals surface area (Å²) >= 11 is 1.42. The summed E-state index contributed by atoms with van der Waals surface area (Å²) in [6.45, 7) is 6.01. The van der Waals surface area contributed by atoms with Crippen molar-refractivity contribution in [2.45, 2.75) is 26.2 Å². The first-order valence-corrected chi connectivity index (χ1v) is 7.35. The number of rotatable bonds is 2. The van der Waals surface area contributed by atoms with Gasteiger partial charge >= 0.3 is 0 Å². The Bertz CT molecular complexity index is 766. The van der Waals surface area contributed by atoms with Gasteiger partial charge < -0.3 is 0 Å². The fraction of sp³-hybridized carbons (Fsp3) is 0.286. The summed E-state index contributed by atoms with van der Waals surface area (Å²) in [4.78, 5) is 20.7. The van der Waals surface area contributed by atoms with Crippen molar-refractivity contribution in [3.63, 3.8) is 0 Å². The molecule has 0 bridgehead atoms. The number of aromatic amines is 1. The van der Waals surface area contributed by atoms with E-state index in [9.17, 15) is 4.79 Å². The zero-order valence-corrected chi connectivity index (χ0v) is 12.8. The van der Waals surface area contributed by atoms with E-state index in [-0.39, 0.29) is 17.1 Å². The minimum atomic E-state index is -0.360. The van der Waals surface area contributed by atoms with Crippen molar-refractivity contribution < 1.29 is 4.79 Å². The molecular formula is C14H15N5OS. The molecule has 0 unspecified atom stereocenters. The van der Waals surface area contributed by atoms with Crippen LogP contribution in [0.5, 0.6) is 0 Å². The molecule has 0 atom stereocenters. The average molecular weight is 301 g/mol. The number of fused-ring (bicyclic) bond motifs is 1. The Hall–Kier alpha value is -2.28. The molecule has 7 heteroatoms. The van der Waals surface area contributed by atoms with Gasteiger partial charge in [-0.05, 0) is 12.1 Å². The van der Waals surface area contributed by atoms with E-state index >= 15 is 0 Å². The Kier molecular flexibility index (Phi) is 3.21. The van der Waals surface area contributed by atoms with Gasteiger partial charge in [-0.25, -0.2) is 9.97 Å². The summed E-state index contributed by atoms with van der Waals surface area (Å²) in [5.74, 6) is 0.442. The number of aromatic nitrogens is 4. The molecule has 0 saturated carbocycles. The fourth-order valence-electron chi connectivity index (χ4n) is 1.78. The first-order chi connectivity index (χ1) is 9.93. The minimum absolute atomic E-state index is 0.124. The third-order valence-corrected chi connectivity index (χ3v) is 3.87. The number of hydrogen-bond acceptors (Lipinski definition) is 5. The van der Waals surface area contributed by atoms with Crippen LogP contribution in [0.15, 0.2) is 24.3 Å². The lowest BCUT2D eigenvalue weighted by Crippen LogP contribution is -2.16. The summed E-state index contributed by atoms with van der Waals surface area (Å²) in [6.07, 6.45) is 0. The molecule has 1 amide bonds. The van der Waals surface area contributed by atoms with Crippen molar-refractivity contribution in [3.8, 4) is 0 Å². The largest absolute Gasteiger partial charge is 0.297 e. The van der Waals surface area contributed by atoms with Gasteiger partial charge in [-0.1, -0.05) is 44.2 Å². The number of benzene rings is 1. The Morgan fingerprint density at radius 1 is 1.24 bits per heavy atom. The molecule has 108 valence electrons. The number of nitrogens with one attached hydrogen (secondary N) is 2. The highest BCUT2D eigenvalue weighted by atomic mass is 32.1. The van der Waals surface area contributed by atoms with Crippen molar-refractivity contribution in [1.29, 1.82) is 0 Å². The summed E-state index contributed by atoms with van der Waals surface area (Å²) in [5, 5.41) is 10.0. The zero-order chi connectivity index (χ0) is 15.0. The molecule has 0 fully saturated rings. The maximum absolute atomic E-state index is 12.1. The number of amides is 1. The highest BCUT2D eigenvalue weighted by Crippen LogP contribution is 2.25. The molecule has 21 heavy (non-hydrogen) atoms. The highest BCUT2D eigenvalue weighted by Gasteiger charge is 2.21. The normalized spacial score (nSPS) is 11.8. The van der Waals surface area contributed by atoms with Gasteiger partial charge in [0.1, 0.15) is 5.82 Å². The number of anilines is 1. The van der Waals surface area contributed by atoms with Crippen LogP contribution < -0.4 is 5.32 Å². The zero-order valence-electron chi connectivity index (χ0n) is 12.0. The summed E-state index contributed by atoms with van der Waals surface area (Å²) in [6, 6.07) is 7.73. The second-order valence-corrected chi connectivity index (χ2v) is 6.73. The second kappa shape index (κ2) is 4.92. The van der Waals surface area contributed by atoms with E-state index in [0.29, 0.717) is 11.0 Å². The van der Waals surface area contributed by atoms with Crippen LogP contribution in [-0.2, 0) is 5.41 Å². The number of H-pyrrole nitrogens is 1. The van der Waals surface area contributed by atoms with Crippen LogP contribution in [0, 0.1) is 0 Å². The molecule has 6 nitrogen and oxygen atoms in total. The number of nitrogens with zero attached hydrogens (tertiary/aromatic N) is 3. The van der Waals surface area contributed by atoms with Crippen LogP contribution in [-0.4, -0.2) is 26.1 Å². The molecular weight excluding hydrogens is 286 g/mol. The van der Waals surface area contributed by atoms with Gasteiger partial charge in [0, 0.05) is 5.41 Å². The third-order valence-electron chi connectivity index (χ3n) is 2.91. The van der Waals surface area contributed by atoms with E-state index in [4.69, 9.17) is 0 Å². The number of thiazole rings is 1. The van der Waals surface area contributed by atoms with Gasteiger partial charge in [-0.3, -0.25) is 15.2 Å². The van der Waals surface area contributed by atoms with Crippen LogP contribution in [0.25, 0.3) is 10.2 Å². The minimum Gasteiger partial charge on any atom is -0.295 e. The third kappa shape index (κ3) is 2.78. The number of para-hydroxylation sites is 1. The van der Waals surface area contributed by atoms with Gasteiger partial charge in [-0.15, -0.1) is 5.10 Å². The standard InChI is InChI=1S/C14H15N5OS/c1-14(2,3)12-16-10(18-19-12)11(20)17-13-15-8-6-4-5-7-9(8)21-13/h4-7H,1-3H3,(H,15,17,20)(H,16,18,19). The maximum Gasteiger partial charge on any atom is 0.297 e. The lowest BCUT2D eigenvalue weighted by molar-refractivity contribution is 0.101. The van der Waals surface area contributed by atoms with Gasteiger partial charge in [0.25, 0.3) is 5.91 Å². The van der Waals surface area contributed by atoms with Crippen LogP contribution >= 0.6 is 11.3 Å². The van der Waals surface area contributed by atoms with Crippen LogP contribution in [0.4, 0.5) is 5.13 Å². The molecule has 2 aromatic heterocycles. The van der Waals surface area contributed by atoms with E-state index in [2.05, 4.69) is 25.5 Å². The lowest BCUT2D eigenvalue weighted by Gasteiger charge is -2.12. The molecule has 3 aromatic rings. The van der Waals surface area contributed by atoms with E-state index < -0.39 is 0 Å². The van der Waals surface area contributed by atoms with Crippen molar-refractivity contribution in [2.24, 2.45) is 0 Å². The number of carbonyl (C=O) groups excluding carboxylic acids is 1. The van der Waals surface area contributed by atoms with Gasteiger partial charge in [0.15, 0.2) is 5.13 Å². The van der Waals surface area contributed by atoms with Crippen molar-refractivity contribution in [2.75, 3.05) is 5.32 Å². The highest BCUT2D eigenvalue weighted by molar-refractivity contribution is 7.22. The van der Waals surface area contributed by atoms with Gasteiger partial charge in [0.2, 0.25) is 5.82 Å². The predicted molar refractivity (Wildman–Crippen MR) is 82.7 cm³/mol. The van der Waals surface area contributed by atoms with E-state index in [1.54, 1.807) is 0 Å². The van der Waals surface area contributed by atoms with Crippen molar-refractivity contribution >= 4 is 32.6 Å². The Labute approximate surface area is 125 Å². The fourth-order valence-corrected chi connectivity index (χ4v) is 2.64. The monoisotopic (exact) mass is 301 g/mol. The summed E-state index contributed by atoms with van der Waals surface area (Å²) < 4.78 is 1.03. The Balaban J connectivity index is 1.81. The average Bonchev–Trinajstić information content (AvgIpc) is 3.04. The Morgan fingerprint density at radius 2 is 2.00 bits per heavy atom. The van der Waals surface area contributed by atoms with Crippen molar-refractivity contribution in [3.05, 3.63) is 35.9 Å². The molecule has 0 aliphatic rings. The van der Waals surface area contributed by atoms with E-state index in [1.165, 1.54) is 11.3 Å². The quantitative estimate of drug-likeness (QED) is 0.762. The molecule has 3 rings (SSSR count). The first kappa shape index (κ1) is 13.7. The Morgan fingerprint density at radius 3 is 2.67 bits per heavy atom. The first-order valence-electron chi connectivity index (χ1n) is 6.53. The molecule has 0 spiro atoms. The molecule has 0 saturated heterocycles. The lowest BCUT2D eigenvalue weighted by atomic mass is 9.96. The smallest absolute Gasteiger partial charge is 0.295 e. The summed E-state index contributed by atoms with van der Waals surface area (Å²) in [7, 11) is 0. The van der Waals surface area contributed by atoms with Crippen LogP contribution in [0.2, 0.25) is 0 Å². The van der Waals surface area contributed by atoms with Gasteiger partial charge in [0.05, 0.1) is 10.2 Å². The number of carbonyl (C=O) groups is 1. The van der Waals surface area contributed by atoms with Crippen LogP contribution in [0.3, 0.4) is 0 Å². The second-order valence-electron chi connectivity index (χ2n) is 5.70. The topological polar surface area (TPSA) is 83.6 Å². The molecule has 0 aliphatic carbocycles. The predicted octanol–water partition coefficient (Wildman–Crippen LogP) is 2.96. The summed E-state index contributed by atoms with van der Waals surface area (Å²) in [5.41, 5.74) is 0.685. The maximum atomic E-state index is 12.1. The van der Waals surface area contributed by atoms with Gasteiger partial charge in [-0.2, -0.15) is 0 Å². The molecule has 0 radical (unpaired) electrons. The van der Waals surface area contributed by atoms with Crippen molar-refractivity contribution in [1.82, 2.24) is 20.2 Å².